The normalized spacial score (nSPS) is 18.2. The van der Waals surface area contributed by atoms with Gasteiger partial charge in [0.05, 0.1) is 16.8 Å². The molecule has 3 aromatic rings. The summed E-state index contributed by atoms with van der Waals surface area (Å²) in [5.74, 6) is -0.783. The van der Waals surface area contributed by atoms with Gasteiger partial charge in [0.2, 0.25) is 5.91 Å². The van der Waals surface area contributed by atoms with E-state index in [1.165, 1.54) is 23.7 Å². The number of para-hydroxylation sites is 1. The molecule has 0 unspecified atom stereocenters. The van der Waals surface area contributed by atoms with Crippen LogP contribution in [-0.4, -0.2) is 45.6 Å². The van der Waals surface area contributed by atoms with Gasteiger partial charge in [0.25, 0.3) is 5.91 Å². The Morgan fingerprint density at radius 2 is 1.71 bits per heavy atom. The molecule has 0 bridgehead atoms. The van der Waals surface area contributed by atoms with Crippen LogP contribution < -0.4 is 5.32 Å². The number of aromatic nitrogens is 2. The molecule has 178 valence electrons. The highest BCUT2D eigenvalue weighted by molar-refractivity contribution is 6.08. The van der Waals surface area contributed by atoms with Gasteiger partial charge in [0.15, 0.2) is 0 Å². The Morgan fingerprint density at radius 1 is 1.03 bits per heavy atom. The average molecular weight is 470 g/mol. The third-order valence-corrected chi connectivity index (χ3v) is 7.06. The number of hydrogen-bond donors (Lipinski definition) is 1. The minimum Gasteiger partial charge on any atom is -0.341 e. The Bertz CT molecular complexity index is 1240. The zero-order valence-corrected chi connectivity index (χ0v) is 18.7. The summed E-state index contributed by atoms with van der Waals surface area (Å²) in [7, 11) is 0. The van der Waals surface area contributed by atoms with Crippen LogP contribution in [0.4, 0.5) is 13.2 Å². The largest absolute Gasteiger partial charge is 0.418 e. The molecule has 1 aromatic heterocycles. The minimum absolute atomic E-state index is 0.0420. The molecule has 2 amide bonds. The summed E-state index contributed by atoms with van der Waals surface area (Å²) >= 11 is 0. The van der Waals surface area contributed by atoms with Gasteiger partial charge in [-0.25, -0.2) is 4.68 Å². The van der Waals surface area contributed by atoms with Crippen molar-refractivity contribution in [2.45, 2.75) is 44.8 Å². The van der Waals surface area contributed by atoms with Gasteiger partial charge in [-0.15, -0.1) is 0 Å². The van der Waals surface area contributed by atoms with Crippen molar-refractivity contribution >= 4 is 22.7 Å². The average Bonchev–Trinajstić information content (AvgIpc) is 3.41. The van der Waals surface area contributed by atoms with E-state index in [-0.39, 0.29) is 22.4 Å². The number of amides is 2. The van der Waals surface area contributed by atoms with Crippen LogP contribution in [-0.2, 0) is 11.0 Å². The molecule has 2 fully saturated rings. The molecular weight excluding hydrogens is 445 g/mol. The van der Waals surface area contributed by atoms with E-state index in [1.807, 2.05) is 0 Å². The van der Waals surface area contributed by atoms with Crippen LogP contribution in [0.5, 0.6) is 0 Å². The van der Waals surface area contributed by atoms with Crippen molar-refractivity contribution in [1.29, 1.82) is 0 Å². The van der Waals surface area contributed by atoms with Crippen LogP contribution in [0.2, 0.25) is 0 Å². The van der Waals surface area contributed by atoms with Gasteiger partial charge in [-0.3, -0.25) is 9.59 Å². The number of rotatable bonds is 4. The summed E-state index contributed by atoms with van der Waals surface area (Å²) in [4.78, 5) is 27.7. The summed E-state index contributed by atoms with van der Waals surface area (Å²) in [6, 6.07) is 9.93. The highest BCUT2D eigenvalue weighted by Crippen LogP contribution is 2.53. The molecule has 6 nitrogen and oxygen atoms in total. The number of halogens is 3. The van der Waals surface area contributed by atoms with Gasteiger partial charge < -0.3 is 10.2 Å². The van der Waals surface area contributed by atoms with Gasteiger partial charge in [0.1, 0.15) is 11.6 Å². The number of piperidine rings is 1. The van der Waals surface area contributed by atoms with E-state index in [4.69, 9.17) is 0 Å². The molecule has 0 radical (unpaired) electrons. The van der Waals surface area contributed by atoms with Crippen molar-refractivity contribution in [2.24, 2.45) is 5.41 Å². The van der Waals surface area contributed by atoms with E-state index in [1.54, 1.807) is 42.2 Å². The number of carbonyl (C=O) groups is 2. The van der Waals surface area contributed by atoms with Crippen LogP contribution in [0.1, 0.15) is 48.5 Å². The Morgan fingerprint density at radius 3 is 2.32 bits per heavy atom. The van der Waals surface area contributed by atoms with Crippen LogP contribution in [0.15, 0.2) is 48.7 Å². The zero-order chi connectivity index (χ0) is 24.1. The smallest absolute Gasteiger partial charge is 0.341 e. The van der Waals surface area contributed by atoms with Gasteiger partial charge in [-0.1, -0.05) is 18.2 Å². The van der Waals surface area contributed by atoms with Crippen molar-refractivity contribution in [3.63, 3.8) is 0 Å². The zero-order valence-electron chi connectivity index (χ0n) is 18.7. The van der Waals surface area contributed by atoms with E-state index >= 15 is 0 Å². The first-order valence-corrected chi connectivity index (χ1v) is 11.4. The number of likely N-dealkylation sites (tertiary alicyclic amines) is 1. The van der Waals surface area contributed by atoms with Crippen molar-refractivity contribution in [3.05, 3.63) is 59.8 Å². The Balaban J connectivity index is 1.41. The molecule has 1 saturated carbocycles. The van der Waals surface area contributed by atoms with Gasteiger partial charge in [-0.2, -0.15) is 18.3 Å². The Kier molecular flexibility index (Phi) is 5.37. The molecule has 9 heteroatoms. The second-order valence-electron chi connectivity index (χ2n) is 9.35. The lowest BCUT2D eigenvalue weighted by Crippen LogP contribution is -2.49. The highest BCUT2D eigenvalue weighted by Gasteiger charge is 2.45. The molecule has 1 aliphatic carbocycles. The number of hydrogen-bond acceptors (Lipinski definition) is 3. The Labute approximate surface area is 194 Å². The number of carbonyl (C=O) groups excluding carboxylic acids is 2. The third-order valence-electron chi connectivity index (χ3n) is 7.06. The summed E-state index contributed by atoms with van der Waals surface area (Å²) in [6.07, 6.45) is 1.21. The summed E-state index contributed by atoms with van der Waals surface area (Å²) in [5, 5.41) is 6.90. The highest BCUT2D eigenvalue weighted by atomic mass is 19.4. The fraction of sp³-hybridized carbons (Fsp3) is 0.400. The first-order valence-electron chi connectivity index (χ1n) is 11.4. The molecule has 2 aromatic carbocycles. The molecule has 5 rings (SSSR count). The van der Waals surface area contributed by atoms with E-state index in [9.17, 15) is 22.8 Å². The van der Waals surface area contributed by atoms with Crippen LogP contribution in [0, 0.1) is 5.41 Å². The molecule has 2 aliphatic rings. The number of fused-ring (bicyclic) bond motifs is 1. The van der Waals surface area contributed by atoms with E-state index in [0.29, 0.717) is 24.2 Å². The second-order valence-corrected chi connectivity index (χ2v) is 9.35. The van der Waals surface area contributed by atoms with Crippen molar-refractivity contribution in [1.82, 2.24) is 20.0 Å². The number of nitrogens with zero attached hydrogens (tertiary/aromatic N) is 3. The van der Waals surface area contributed by atoms with Crippen LogP contribution in [0.25, 0.3) is 16.6 Å². The molecule has 1 spiro atoms. The standard InChI is InChI=1S/C25H25F3N4O2/c1-16(23(34)31-13-11-24(9-10-24)12-14-31)29-22(33)18-7-8-20(25(26,27)28)21-19(18)15-32(30-21)17-5-3-2-4-6-17/h2-8,15-16H,9-14H2,1H3,(H,29,33)/t16-/m1/s1. The maximum absolute atomic E-state index is 13.6. The van der Waals surface area contributed by atoms with Crippen molar-refractivity contribution in [2.75, 3.05) is 13.1 Å². The van der Waals surface area contributed by atoms with Crippen LogP contribution in [0.3, 0.4) is 0 Å². The number of benzene rings is 2. The quantitative estimate of drug-likeness (QED) is 0.608. The first-order chi connectivity index (χ1) is 16.2. The third kappa shape index (κ3) is 4.15. The molecule has 1 atom stereocenters. The summed E-state index contributed by atoms with van der Waals surface area (Å²) in [5.41, 5.74) is -0.192. The maximum Gasteiger partial charge on any atom is 0.418 e. The lowest BCUT2D eigenvalue weighted by Gasteiger charge is -2.33. The predicted molar refractivity (Wildman–Crippen MR) is 120 cm³/mol. The van der Waals surface area contributed by atoms with Gasteiger partial charge in [-0.05, 0) is 62.3 Å². The van der Waals surface area contributed by atoms with E-state index < -0.39 is 23.7 Å². The summed E-state index contributed by atoms with van der Waals surface area (Å²) in [6.45, 7) is 2.96. The van der Waals surface area contributed by atoms with Crippen LogP contribution >= 0.6 is 0 Å². The molecule has 1 aliphatic heterocycles. The maximum atomic E-state index is 13.6. The number of alkyl halides is 3. The number of nitrogens with one attached hydrogen (secondary N) is 1. The fourth-order valence-electron chi connectivity index (χ4n) is 4.73. The molecular formula is C25H25F3N4O2. The summed E-state index contributed by atoms with van der Waals surface area (Å²) < 4.78 is 42.3. The second kappa shape index (κ2) is 8.14. The molecule has 1 saturated heterocycles. The SMILES string of the molecule is C[C@@H](NC(=O)c1ccc(C(F)(F)F)c2nn(-c3ccccc3)cc12)C(=O)N1CCC2(CC1)CC2. The molecule has 2 heterocycles. The Hall–Kier alpha value is -3.36. The minimum atomic E-state index is -4.63. The lowest BCUT2D eigenvalue weighted by atomic mass is 9.93. The van der Waals surface area contributed by atoms with E-state index in [2.05, 4.69) is 10.4 Å². The first kappa shape index (κ1) is 22.4. The topological polar surface area (TPSA) is 67.2 Å². The van der Waals surface area contributed by atoms with E-state index in [0.717, 1.165) is 25.0 Å². The molecule has 1 N–H and O–H groups in total. The van der Waals surface area contributed by atoms with Crippen molar-refractivity contribution in [3.8, 4) is 5.69 Å². The molecule has 34 heavy (non-hydrogen) atoms. The fourth-order valence-corrected chi connectivity index (χ4v) is 4.73. The predicted octanol–water partition coefficient (Wildman–Crippen LogP) is 4.57. The van der Waals surface area contributed by atoms with Crippen molar-refractivity contribution < 1.29 is 22.8 Å². The van der Waals surface area contributed by atoms with Gasteiger partial charge in [0, 0.05) is 24.7 Å². The van der Waals surface area contributed by atoms with Gasteiger partial charge >= 0.3 is 6.18 Å². The monoisotopic (exact) mass is 470 g/mol. The lowest BCUT2D eigenvalue weighted by molar-refractivity contribution is -0.136.